The molecule has 2 N–H and O–H groups in total. The van der Waals surface area contributed by atoms with E-state index in [-0.39, 0.29) is 0 Å². The van der Waals surface area contributed by atoms with E-state index in [1.807, 2.05) is 0 Å². The minimum atomic E-state index is 0.591. The van der Waals surface area contributed by atoms with Gasteiger partial charge in [-0.3, -0.25) is 0 Å². The normalized spacial score (nSPS) is 43.2. The number of hydrogen-bond acceptors (Lipinski definition) is 3. The molecule has 1 aromatic heterocycles. The zero-order chi connectivity index (χ0) is 11.6. The molecule has 0 atom stereocenters. The molecular weight excluding hydrogens is 212 g/mol. The van der Waals surface area contributed by atoms with E-state index >= 15 is 0 Å². The molecule has 4 aliphatic carbocycles. The van der Waals surface area contributed by atoms with E-state index in [1.54, 1.807) is 0 Å². The molecule has 0 spiro atoms. The molecule has 0 aromatic carbocycles. The van der Waals surface area contributed by atoms with Crippen LogP contribution in [0.1, 0.15) is 49.3 Å². The molecule has 17 heavy (non-hydrogen) atoms. The Bertz CT molecular complexity index is 423. The molecule has 1 heterocycles. The summed E-state index contributed by atoms with van der Waals surface area (Å²) in [7, 11) is 0. The van der Waals surface area contributed by atoms with Crippen molar-refractivity contribution in [1.82, 2.24) is 5.16 Å². The van der Waals surface area contributed by atoms with Gasteiger partial charge in [0, 0.05) is 11.5 Å². The molecular formula is C14H20N2O. The molecule has 0 saturated heterocycles. The van der Waals surface area contributed by atoms with Crippen molar-refractivity contribution in [3.8, 4) is 0 Å². The van der Waals surface area contributed by atoms with E-state index in [4.69, 9.17) is 10.3 Å². The Morgan fingerprint density at radius 1 is 1.06 bits per heavy atom. The summed E-state index contributed by atoms with van der Waals surface area (Å²) >= 11 is 0. The first-order valence-electron chi connectivity index (χ1n) is 6.94. The van der Waals surface area contributed by atoms with E-state index in [2.05, 4.69) is 12.1 Å². The Morgan fingerprint density at radius 3 is 2.12 bits per heavy atom. The predicted octanol–water partition coefficient (Wildman–Crippen LogP) is 3.10. The van der Waals surface area contributed by atoms with Crippen molar-refractivity contribution in [2.45, 2.75) is 44.9 Å². The third-order valence-corrected chi connectivity index (χ3v) is 5.53. The number of aromatic nitrogens is 1. The Morgan fingerprint density at radius 2 is 1.65 bits per heavy atom. The highest BCUT2D eigenvalue weighted by atomic mass is 16.5. The van der Waals surface area contributed by atoms with Crippen LogP contribution in [0, 0.1) is 30.6 Å². The SMILES string of the molecule is Cc1c(N)noc1C1C2CC3CC(C2)CC1C3. The van der Waals surface area contributed by atoms with Crippen LogP contribution in [0.15, 0.2) is 4.52 Å². The lowest BCUT2D eigenvalue weighted by molar-refractivity contribution is -0.0116. The fourth-order valence-electron chi connectivity index (χ4n) is 5.03. The third-order valence-electron chi connectivity index (χ3n) is 5.53. The number of nitrogens with zero attached hydrogens (tertiary/aromatic N) is 1. The quantitative estimate of drug-likeness (QED) is 0.809. The topological polar surface area (TPSA) is 52.0 Å². The van der Waals surface area contributed by atoms with Crippen molar-refractivity contribution in [2.24, 2.45) is 23.7 Å². The van der Waals surface area contributed by atoms with Gasteiger partial charge in [0.1, 0.15) is 5.76 Å². The van der Waals surface area contributed by atoms with Crippen LogP contribution >= 0.6 is 0 Å². The van der Waals surface area contributed by atoms with Crippen LogP contribution in [-0.2, 0) is 0 Å². The van der Waals surface area contributed by atoms with Gasteiger partial charge in [-0.2, -0.15) is 0 Å². The third kappa shape index (κ3) is 1.31. The van der Waals surface area contributed by atoms with Gasteiger partial charge in [-0.1, -0.05) is 5.16 Å². The first-order chi connectivity index (χ1) is 8.22. The second-order valence-electron chi connectivity index (χ2n) is 6.51. The molecule has 0 aliphatic heterocycles. The van der Waals surface area contributed by atoms with Crippen LogP contribution in [0.25, 0.3) is 0 Å². The standard InChI is InChI=1S/C14H20N2O/c1-7-13(17-16-14(7)15)12-10-3-8-2-9(5-10)6-11(12)4-8/h8-12H,2-6H2,1H3,(H2,15,16). The van der Waals surface area contributed by atoms with Crippen molar-refractivity contribution in [2.75, 3.05) is 5.73 Å². The Balaban J connectivity index is 1.73. The average molecular weight is 232 g/mol. The number of nitrogens with two attached hydrogens (primary N) is 1. The van der Waals surface area contributed by atoms with Crippen LogP contribution in [0.2, 0.25) is 0 Å². The van der Waals surface area contributed by atoms with Gasteiger partial charge in [0.25, 0.3) is 0 Å². The van der Waals surface area contributed by atoms with Gasteiger partial charge in [-0.05, 0) is 62.7 Å². The Labute approximate surface area is 102 Å². The van der Waals surface area contributed by atoms with Crippen LogP contribution in [0.3, 0.4) is 0 Å². The maximum atomic E-state index is 5.83. The molecule has 4 fully saturated rings. The van der Waals surface area contributed by atoms with Crippen molar-refractivity contribution in [3.63, 3.8) is 0 Å². The largest absolute Gasteiger partial charge is 0.381 e. The maximum absolute atomic E-state index is 5.83. The van der Waals surface area contributed by atoms with Gasteiger partial charge >= 0.3 is 0 Å². The summed E-state index contributed by atoms with van der Waals surface area (Å²) in [5.41, 5.74) is 6.93. The molecule has 4 bridgehead atoms. The molecule has 92 valence electrons. The smallest absolute Gasteiger partial charge is 0.170 e. The number of nitrogen functional groups attached to an aromatic ring is 1. The first-order valence-corrected chi connectivity index (χ1v) is 6.94. The molecule has 3 nitrogen and oxygen atoms in total. The van der Waals surface area contributed by atoms with Gasteiger partial charge in [0.15, 0.2) is 5.82 Å². The highest BCUT2D eigenvalue weighted by Gasteiger charge is 2.50. The molecule has 0 amide bonds. The van der Waals surface area contributed by atoms with E-state index in [0.717, 1.165) is 35.0 Å². The highest BCUT2D eigenvalue weighted by molar-refractivity contribution is 5.41. The predicted molar refractivity (Wildman–Crippen MR) is 65.4 cm³/mol. The summed E-state index contributed by atoms with van der Waals surface area (Å²) in [4.78, 5) is 0. The summed E-state index contributed by atoms with van der Waals surface area (Å²) in [6, 6.07) is 0. The van der Waals surface area contributed by atoms with Crippen LogP contribution in [0.5, 0.6) is 0 Å². The minimum absolute atomic E-state index is 0.591. The zero-order valence-corrected chi connectivity index (χ0v) is 10.4. The highest BCUT2D eigenvalue weighted by Crippen LogP contribution is 2.60. The zero-order valence-electron chi connectivity index (χ0n) is 10.4. The van der Waals surface area contributed by atoms with E-state index in [9.17, 15) is 0 Å². The lowest BCUT2D eigenvalue weighted by Gasteiger charge is -2.53. The first kappa shape index (κ1) is 9.98. The molecule has 0 radical (unpaired) electrons. The fraction of sp³-hybridized carbons (Fsp3) is 0.786. The fourth-order valence-corrected chi connectivity index (χ4v) is 5.03. The second kappa shape index (κ2) is 3.27. The van der Waals surface area contributed by atoms with Crippen LogP contribution < -0.4 is 5.73 Å². The van der Waals surface area contributed by atoms with Gasteiger partial charge in [0.05, 0.1) is 0 Å². The van der Waals surface area contributed by atoms with E-state index in [1.165, 1.54) is 32.1 Å². The minimum Gasteiger partial charge on any atom is -0.381 e. The summed E-state index contributed by atoms with van der Waals surface area (Å²) in [6.07, 6.45) is 7.15. The van der Waals surface area contributed by atoms with Crippen LogP contribution in [-0.4, -0.2) is 5.16 Å². The van der Waals surface area contributed by atoms with Crippen molar-refractivity contribution in [1.29, 1.82) is 0 Å². The van der Waals surface area contributed by atoms with E-state index in [0.29, 0.717) is 11.7 Å². The lowest BCUT2D eigenvalue weighted by atomic mass is 9.51. The van der Waals surface area contributed by atoms with Gasteiger partial charge in [0.2, 0.25) is 0 Å². The van der Waals surface area contributed by atoms with E-state index < -0.39 is 0 Å². The summed E-state index contributed by atoms with van der Waals surface area (Å²) in [6.45, 7) is 2.06. The molecule has 3 heteroatoms. The Kier molecular flexibility index (Phi) is 1.92. The summed E-state index contributed by atoms with van der Waals surface area (Å²) < 4.78 is 5.55. The summed E-state index contributed by atoms with van der Waals surface area (Å²) in [5, 5.41) is 3.95. The molecule has 1 aromatic rings. The van der Waals surface area contributed by atoms with Crippen molar-refractivity contribution >= 4 is 5.82 Å². The molecule has 4 aliphatic rings. The lowest BCUT2D eigenvalue weighted by Crippen LogP contribution is -2.43. The van der Waals surface area contributed by atoms with Gasteiger partial charge < -0.3 is 10.3 Å². The van der Waals surface area contributed by atoms with Gasteiger partial charge in [-0.25, -0.2) is 0 Å². The number of rotatable bonds is 1. The maximum Gasteiger partial charge on any atom is 0.170 e. The molecule has 4 saturated carbocycles. The monoisotopic (exact) mass is 232 g/mol. The average Bonchev–Trinajstić information content (AvgIpc) is 2.60. The summed E-state index contributed by atoms with van der Waals surface area (Å²) in [5.74, 6) is 6.02. The van der Waals surface area contributed by atoms with Crippen molar-refractivity contribution in [3.05, 3.63) is 11.3 Å². The van der Waals surface area contributed by atoms with Gasteiger partial charge in [-0.15, -0.1) is 0 Å². The molecule has 5 rings (SSSR count). The Hall–Kier alpha value is -0.990. The van der Waals surface area contributed by atoms with Crippen LogP contribution in [0.4, 0.5) is 5.82 Å². The second-order valence-corrected chi connectivity index (χ2v) is 6.51. The molecule has 0 unspecified atom stereocenters. The number of hydrogen-bond donors (Lipinski definition) is 1. The van der Waals surface area contributed by atoms with Crippen molar-refractivity contribution < 1.29 is 4.52 Å². The number of anilines is 1.